The van der Waals surface area contributed by atoms with Gasteiger partial charge in [-0.25, -0.2) is 4.98 Å². The highest BCUT2D eigenvalue weighted by atomic mass is 16.7. The molecule has 0 unspecified atom stereocenters. The third-order valence-electron chi connectivity index (χ3n) is 8.39. The summed E-state index contributed by atoms with van der Waals surface area (Å²) in [5.74, 6) is 1.07. The fourth-order valence-corrected chi connectivity index (χ4v) is 5.48. The van der Waals surface area contributed by atoms with Crippen molar-refractivity contribution < 1.29 is 9.31 Å². The van der Waals surface area contributed by atoms with Crippen LogP contribution in [-0.2, 0) is 9.31 Å². The molecule has 184 valence electrons. The van der Waals surface area contributed by atoms with Crippen molar-refractivity contribution in [3.05, 3.63) is 72.7 Å². The fraction of sp³-hybridized carbons (Fsp3) is 0.367. The van der Waals surface area contributed by atoms with Crippen LogP contribution in [0.2, 0.25) is 0 Å². The lowest BCUT2D eigenvalue weighted by molar-refractivity contribution is 0.00578. The second-order valence-corrected chi connectivity index (χ2v) is 11.2. The summed E-state index contributed by atoms with van der Waals surface area (Å²) in [4.78, 5) is 10.8. The molecular weight excluding hydrogens is 445 g/mol. The van der Waals surface area contributed by atoms with Gasteiger partial charge in [-0.15, -0.1) is 0 Å². The second-order valence-electron chi connectivity index (χ2n) is 11.2. The zero-order chi connectivity index (χ0) is 25.1. The van der Waals surface area contributed by atoms with Crippen LogP contribution < -0.4 is 5.46 Å². The van der Waals surface area contributed by atoms with Gasteiger partial charge < -0.3 is 14.3 Å². The summed E-state index contributed by atoms with van der Waals surface area (Å²) in [6.45, 7) is 9.48. The Hall–Kier alpha value is -2.93. The van der Waals surface area contributed by atoms with E-state index in [1.807, 2.05) is 6.20 Å². The molecule has 6 rings (SSSR count). The number of fused-ring (bicyclic) bond motifs is 1. The molecular formula is C30H34BN3O2. The van der Waals surface area contributed by atoms with Crippen LogP contribution in [0.5, 0.6) is 0 Å². The molecule has 0 saturated carbocycles. The van der Waals surface area contributed by atoms with Crippen LogP contribution in [0, 0.1) is 0 Å². The van der Waals surface area contributed by atoms with E-state index in [0.29, 0.717) is 6.04 Å². The number of nitrogens with one attached hydrogen (secondary N) is 1. The summed E-state index contributed by atoms with van der Waals surface area (Å²) in [6, 6.07) is 22.1. The molecule has 0 radical (unpaired) electrons. The first-order valence-corrected chi connectivity index (χ1v) is 13.0. The topological polar surface area (TPSA) is 50.4 Å². The van der Waals surface area contributed by atoms with E-state index in [-0.39, 0.29) is 18.3 Å². The van der Waals surface area contributed by atoms with Gasteiger partial charge in [0, 0.05) is 5.56 Å². The first-order valence-electron chi connectivity index (χ1n) is 13.0. The van der Waals surface area contributed by atoms with Gasteiger partial charge in [-0.2, -0.15) is 0 Å². The first kappa shape index (κ1) is 23.5. The van der Waals surface area contributed by atoms with E-state index in [2.05, 4.69) is 105 Å². The number of H-pyrrole nitrogens is 1. The van der Waals surface area contributed by atoms with Gasteiger partial charge in [0.2, 0.25) is 0 Å². The largest absolute Gasteiger partial charge is 0.494 e. The van der Waals surface area contributed by atoms with Crippen LogP contribution in [0.25, 0.3) is 33.2 Å². The van der Waals surface area contributed by atoms with Crippen LogP contribution in [0.1, 0.15) is 52.4 Å². The Balaban J connectivity index is 1.33. The number of likely N-dealkylation sites (tertiary alicyclic amines) is 1. The monoisotopic (exact) mass is 479 g/mol. The van der Waals surface area contributed by atoms with Crippen LogP contribution in [0.4, 0.5) is 0 Å². The molecule has 1 N–H and O–H groups in total. The molecule has 0 aliphatic carbocycles. The first-order chi connectivity index (χ1) is 17.2. The van der Waals surface area contributed by atoms with Gasteiger partial charge in [-0.1, -0.05) is 60.7 Å². The molecule has 2 fully saturated rings. The number of hydrogen-bond acceptors (Lipinski definition) is 4. The molecule has 36 heavy (non-hydrogen) atoms. The molecule has 1 aromatic heterocycles. The van der Waals surface area contributed by atoms with Crippen molar-refractivity contribution in [2.75, 3.05) is 13.6 Å². The van der Waals surface area contributed by atoms with Crippen molar-refractivity contribution in [1.82, 2.24) is 14.9 Å². The standard InChI is InChI=1S/C30H34BN3O2/c1-29(2)30(3,4)36-31(35-29)21-14-12-20(13-15-21)22-16-17-25(24-10-7-6-9-23(22)24)26-19-32-28(33-26)27-11-8-18-34(27)5/h6-7,9-10,12-17,19,27H,8,11,18H2,1-5H3,(H,32,33)/t27-/m0/s1. The summed E-state index contributed by atoms with van der Waals surface area (Å²) in [6.07, 6.45) is 4.37. The highest BCUT2D eigenvalue weighted by Crippen LogP contribution is 2.38. The molecule has 0 spiro atoms. The molecule has 2 aliphatic rings. The van der Waals surface area contributed by atoms with Gasteiger partial charge in [-0.3, -0.25) is 4.90 Å². The Morgan fingerprint density at radius 3 is 2.17 bits per heavy atom. The quantitative estimate of drug-likeness (QED) is 0.367. The molecule has 5 nitrogen and oxygen atoms in total. The van der Waals surface area contributed by atoms with E-state index >= 15 is 0 Å². The molecule has 4 aromatic rings. The van der Waals surface area contributed by atoms with E-state index in [1.54, 1.807) is 0 Å². The van der Waals surface area contributed by atoms with Gasteiger partial charge in [0.25, 0.3) is 0 Å². The predicted octanol–water partition coefficient (Wildman–Crippen LogP) is 5.96. The summed E-state index contributed by atoms with van der Waals surface area (Å²) in [5, 5.41) is 2.45. The highest BCUT2D eigenvalue weighted by molar-refractivity contribution is 6.62. The van der Waals surface area contributed by atoms with Crippen LogP contribution in [-0.4, -0.2) is 46.8 Å². The average molecular weight is 479 g/mol. The van der Waals surface area contributed by atoms with Crippen molar-refractivity contribution in [2.24, 2.45) is 0 Å². The Morgan fingerprint density at radius 2 is 1.53 bits per heavy atom. The van der Waals surface area contributed by atoms with Gasteiger partial charge >= 0.3 is 7.12 Å². The maximum Gasteiger partial charge on any atom is 0.494 e. The summed E-state index contributed by atoms with van der Waals surface area (Å²) < 4.78 is 12.5. The number of aromatic nitrogens is 2. The maximum atomic E-state index is 6.24. The summed E-state index contributed by atoms with van der Waals surface area (Å²) >= 11 is 0. The molecule has 2 saturated heterocycles. The molecule has 1 atom stereocenters. The summed E-state index contributed by atoms with van der Waals surface area (Å²) in [7, 11) is 1.83. The number of imidazole rings is 1. The van der Waals surface area contributed by atoms with Crippen LogP contribution in [0.15, 0.2) is 66.9 Å². The minimum Gasteiger partial charge on any atom is -0.399 e. The lowest BCUT2D eigenvalue weighted by Gasteiger charge is -2.32. The lowest BCUT2D eigenvalue weighted by atomic mass is 9.78. The third-order valence-corrected chi connectivity index (χ3v) is 8.39. The number of rotatable bonds is 4. The van der Waals surface area contributed by atoms with Gasteiger partial charge in [0.1, 0.15) is 5.82 Å². The lowest BCUT2D eigenvalue weighted by Crippen LogP contribution is -2.41. The smallest absolute Gasteiger partial charge is 0.399 e. The molecule has 3 heterocycles. The molecule has 0 bridgehead atoms. The number of benzene rings is 3. The third kappa shape index (κ3) is 3.88. The second kappa shape index (κ2) is 8.58. The van der Waals surface area contributed by atoms with Crippen LogP contribution in [0.3, 0.4) is 0 Å². The number of aromatic amines is 1. The van der Waals surface area contributed by atoms with Crippen molar-refractivity contribution in [2.45, 2.75) is 57.8 Å². The Bertz CT molecular complexity index is 1390. The maximum absolute atomic E-state index is 6.24. The molecule has 3 aromatic carbocycles. The van der Waals surface area contributed by atoms with Crippen molar-refractivity contribution in [1.29, 1.82) is 0 Å². The van der Waals surface area contributed by atoms with E-state index in [4.69, 9.17) is 14.3 Å². The van der Waals surface area contributed by atoms with E-state index in [0.717, 1.165) is 29.9 Å². The minimum atomic E-state index is -0.350. The van der Waals surface area contributed by atoms with Gasteiger partial charge in [0.05, 0.1) is 29.1 Å². The molecule has 0 amide bonds. The number of hydrogen-bond donors (Lipinski definition) is 1. The van der Waals surface area contributed by atoms with Crippen molar-refractivity contribution in [3.63, 3.8) is 0 Å². The van der Waals surface area contributed by atoms with Gasteiger partial charge in [-0.05, 0) is 81.5 Å². The SMILES string of the molecule is CN1CCC[C@H]1c1ncc(-c2ccc(-c3ccc(B4OC(C)(C)C(C)(C)O4)cc3)c3ccccc23)[nH]1. The Morgan fingerprint density at radius 1 is 0.889 bits per heavy atom. The fourth-order valence-electron chi connectivity index (χ4n) is 5.48. The average Bonchev–Trinajstić information content (AvgIpc) is 3.56. The normalized spacial score (nSPS) is 21.5. The molecule has 2 aliphatic heterocycles. The van der Waals surface area contributed by atoms with E-state index in [9.17, 15) is 0 Å². The van der Waals surface area contributed by atoms with Crippen molar-refractivity contribution in [3.8, 4) is 22.4 Å². The Labute approximate surface area is 214 Å². The van der Waals surface area contributed by atoms with E-state index in [1.165, 1.54) is 33.9 Å². The van der Waals surface area contributed by atoms with Gasteiger partial charge in [0.15, 0.2) is 0 Å². The Kier molecular flexibility index (Phi) is 5.60. The summed E-state index contributed by atoms with van der Waals surface area (Å²) in [5.41, 5.74) is 5.00. The zero-order valence-corrected chi connectivity index (χ0v) is 21.8. The minimum absolute atomic E-state index is 0.345. The van der Waals surface area contributed by atoms with E-state index < -0.39 is 0 Å². The highest BCUT2D eigenvalue weighted by Gasteiger charge is 2.51. The predicted molar refractivity (Wildman–Crippen MR) is 147 cm³/mol. The molecule has 6 heteroatoms. The van der Waals surface area contributed by atoms with Crippen LogP contribution >= 0.6 is 0 Å². The number of nitrogens with zero attached hydrogens (tertiary/aromatic N) is 2. The zero-order valence-electron chi connectivity index (χ0n) is 21.8. The van der Waals surface area contributed by atoms with Crippen molar-refractivity contribution >= 4 is 23.4 Å².